The Morgan fingerprint density at radius 2 is 1.68 bits per heavy atom. The maximum Gasteiger partial charge on any atom is 0.242 e. The lowest BCUT2D eigenvalue weighted by Gasteiger charge is -2.20. The standard InChI is InChI=1S/C21H27N3O3S/c1-15-6-9-19(10-7-15)28(26,27)23-17(3)21(25)22-20-11-8-18(14-16(20)2)24-12-4-5-13-24/h6-11,14,17,23H,4-5,12-13H2,1-3H3,(H,22,25). The highest BCUT2D eigenvalue weighted by molar-refractivity contribution is 7.89. The fraction of sp³-hybridized carbons (Fsp3) is 0.381. The fourth-order valence-corrected chi connectivity index (χ4v) is 4.48. The van der Waals surface area contributed by atoms with E-state index in [1.807, 2.05) is 26.0 Å². The van der Waals surface area contributed by atoms with Crippen molar-refractivity contribution in [2.75, 3.05) is 23.3 Å². The molecule has 0 aromatic heterocycles. The van der Waals surface area contributed by atoms with E-state index < -0.39 is 22.0 Å². The predicted octanol–water partition coefficient (Wildman–Crippen LogP) is 3.21. The number of carbonyl (C=O) groups is 1. The van der Waals surface area contributed by atoms with Crippen LogP contribution >= 0.6 is 0 Å². The topological polar surface area (TPSA) is 78.5 Å². The van der Waals surface area contributed by atoms with Crippen LogP contribution < -0.4 is 14.9 Å². The third kappa shape index (κ3) is 4.72. The number of carbonyl (C=O) groups excluding carboxylic acids is 1. The van der Waals surface area contributed by atoms with E-state index in [1.54, 1.807) is 12.1 Å². The fourth-order valence-electron chi connectivity index (χ4n) is 3.27. The van der Waals surface area contributed by atoms with Gasteiger partial charge in [0, 0.05) is 24.5 Å². The van der Waals surface area contributed by atoms with Crippen molar-refractivity contribution in [1.82, 2.24) is 4.72 Å². The molecule has 3 rings (SSSR count). The maximum atomic E-state index is 12.5. The molecule has 1 heterocycles. The summed E-state index contributed by atoms with van der Waals surface area (Å²) in [5, 5.41) is 2.83. The van der Waals surface area contributed by atoms with Gasteiger partial charge in [0.1, 0.15) is 0 Å². The minimum absolute atomic E-state index is 0.142. The smallest absolute Gasteiger partial charge is 0.242 e. The number of hydrogen-bond donors (Lipinski definition) is 2. The highest BCUT2D eigenvalue weighted by Gasteiger charge is 2.22. The van der Waals surface area contributed by atoms with Crippen molar-refractivity contribution in [2.45, 2.75) is 44.6 Å². The first-order valence-electron chi connectivity index (χ1n) is 9.52. The van der Waals surface area contributed by atoms with E-state index in [0.717, 1.165) is 29.9 Å². The van der Waals surface area contributed by atoms with Crippen LogP contribution in [0, 0.1) is 13.8 Å². The summed E-state index contributed by atoms with van der Waals surface area (Å²) in [4.78, 5) is 15.0. The van der Waals surface area contributed by atoms with Gasteiger partial charge in [-0.3, -0.25) is 4.79 Å². The monoisotopic (exact) mass is 401 g/mol. The Bertz CT molecular complexity index is 949. The Balaban J connectivity index is 1.66. The van der Waals surface area contributed by atoms with Crippen molar-refractivity contribution in [2.24, 2.45) is 0 Å². The Kier molecular flexibility index (Phi) is 6.05. The van der Waals surface area contributed by atoms with Crippen LogP contribution in [0.25, 0.3) is 0 Å². The normalized spacial score (nSPS) is 15.5. The number of benzene rings is 2. The van der Waals surface area contributed by atoms with Crippen molar-refractivity contribution < 1.29 is 13.2 Å². The SMILES string of the molecule is Cc1ccc(S(=O)(=O)NC(C)C(=O)Nc2ccc(N3CCCC3)cc2C)cc1. The van der Waals surface area contributed by atoms with Crippen LogP contribution in [-0.2, 0) is 14.8 Å². The number of sulfonamides is 1. The number of rotatable bonds is 6. The molecule has 0 saturated carbocycles. The van der Waals surface area contributed by atoms with Gasteiger partial charge in [-0.15, -0.1) is 0 Å². The average Bonchev–Trinajstić information content (AvgIpc) is 3.18. The van der Waals surface area contributed by atoms with Crippen molar-refractivity contribution in [3.05, 3.63) is 53.6 Å². The van der Waals surface area contributed by atoms with Gasteiger partial charge in [0.15, 0.2) is 0 Å². The minimum Gasteiger partial charge on any atom is -0.372 e. The van der Waals surface area contributed by atoms with Crippen LogP contribution in [0.1, 0.15) is 30.9 Å². The first-order chi connectivity index (χ1) is 13.3. The molecule has 28 heavy (non-hydrogen) atoms. The van der Waals surface area contributed by atoms with Crippen LogP contribution in [0.3, 0.4) is 0 Å². The van der Waals surface area contributed by atoms with Gasteiger partial charge in [0.2, 0.25) is 15.9 Å². The van der Waals surface area contributed by atoms with Crippen molar-refractivity contribution in [3.8, 4) is 0 Å². The van der Waals surface area contributed by atoms with Gasteiger partial charge in [-0.1, -0.05) is 17.7 Å². The second kappa shape index (κ2) is 8.32. The summed E-state index contributed by atoms with van der Waals surface area (Å²) >= 11 is 0. The molecule has 0 bridgehead atoms. The van der Waals surface area contributed by atoms with Crippen LogP contribution in [0.5, 0.6) is 0 Å². The van der Waals surface area contributed by atoms with E-state index in [-0.39, 0.29) is 4.90 Å². The second-order valence-electron chi connectivity index (χ2n) is 7.34. The molecule has 0 radical (unpaired) electrons. The third-order valence-corrected chi connectivity index (χ3v) is 6.55. The van der Waals surface area contributed by atoms with Crippen LogP contribution in [0.4, 0.5) is 11.4 Å². The summed E-state index contributed by atoms with van der Waals surface area (Å²) < 4.78 is 27.4. The summed E-state index contributed by atoms with van der Waals surface area (Å²) in [5.41, 5.74) is 3.76. The van der Waals surface area contributed by atoms with Crippen molar-refractivity contribution >= 4 is 27.3 Å². The van der Waals surface area contributed by atoms with Crippen LogP contribution in [0.2, 0.25) is 0 Å². The summed E-state index contributed by atoms with van der Waals surface area (Å²) in [6, 6.07) is 11.5. The molecular formula is C21H27N3O3S. The molecule has 150 valence electrons. The molecule has 2 N–H and O–H groups in total. The Morgan fingerprint density at radius 1 is 1.04 bits per heavy atom. The number of amides is 1. The molecule has 0 aliphatic carbocycles. The number of aryl methyl sites for hydroxylation is 2. The first kappa shape index (κ1) is 20.4. The molecule has 1 unspecified atom stereocenters. The van der Waals surface area contributed by atoms with E-state index in [4.69, 9.17) is 0 Å². The summed E-state index contributed by atoms with van der Waals surface area (Å²) in [6.45, 7) is 7.48. The maximum absolute atomic E-state index is 12.5. The number of nitrogens with zero attached hydrogens (tertiary/aromatic N) is 1. The van der Waals surface area contributed by atoms with Gasteiger partial charge < -0.3 is 10.2 Å². The molecule has 1 fully saturated rings. The Morgan fingerprint density at radius 3 is 2.29 bits per heavy atom. The van der Waals surface area contributed by atoms with E-state index in [9.17, 15) is 13.2 Å². The molecule has 2 aromatic rings. The molecule has 6 nitrogen and oxygen atoms in total. The summed E-state index contributed by atoms with van der Waals surface area (Å²) in [7, 11) is -3.76. The molecule has 7 heteroatoms. The predicted molar refractivity (Wildman–Crippen MR) is 112 cm³/mol. The highest BCUT2D eigenvalue weighted by Crippen LogP contribution is 2.25. The van der Waals surface area contributed by atoms with E-state index in [2.05, 4.69) is 21.0 Å². The lowest BCUT2D eigenvalue weighted by atomic mass is 10.1. The van der Waals surface area contributed by atoms with Crippen LogP contribution in [0.15, 0.2) is 47.4 Å². The number of nitrogens with one attached hydrogen (secondary N) is 2. The zero-order valence-electron chi connectivity index (χ0n) is 16.5. The van der Waals surface area contributed by atoms with E-state index in [1.165, 1.54) is 31.9 Å². The average molecular weight is 402 g/mol. The van der Waals surface area contributed by atoms with Crippen LogP contribution in [-0.4, -0.2) is 33.5 Å². The zero-order chi connectivity index (χ0) is 20.3. The van der Waals surface area contributed by atoms with Crippen molar-refractivity contribution in [3.63, 3.8) is 0 Å². The van der Waals surface area contributed by atoms with Gasteiger partial charge in [-0.05, 0) is 69.5 Å². The second-order valence-corrected chi connectivity index (χ2v) is 9.05. The quantitative estimate of drug-likeness (QED) is 0.779. The highest BCUT2D eigenvalue weighted by atomic mass is 32.2. The number of hydrogen-bond acceptors (Lipinski definition) is 4. The van der Waals surface area contributed by atoms with Gasteiger partial charge in [-0.25, -0.2) is 8.42 Å². The summed E-state index contributed by atoms with van der Waals surface area (Å²) in [5.74, 6) is -0.396. The molecule has 1 atom stereocenters. The van der Waals surface area contributed by atoms with Gasteiger partial charge in [0.05, 0.1) is 10.9 Å². The lowest BCUT2D eigenvalue weighted by molar-refractivity contribution is -0.117. The zero-order valence-corrected chi connectivity index (χ0v) is 17.3. The third-order valence-electron chi connectivity index (χ3n) is 5.00. The van der Waals surface area contributed by atoms with Gasteiger partial charge in [-0.2, -0.15) is 4.72 Å². The molecule has 1 aliphatic rings. The Labute approximate surface area is 167 Å². The van der Waals surface area contributed by atoms with E-state index in [0.29, 0.717) is 5.69 Å². The minimum atomic E-state index is -3.76. The molecule has 1 saturated heterocycles. The number of anilines is 2. The molecule has 0 spiro atoms. The molecule has 2 aromatic carbocycles. The largest absolute Gasteiger partial charge is 0.372 e. The van der Waals surface area contributed by atoms with Crippen molar-refractivity contribution in [1.29, 1.82) is 0 Å². The Hall–Kier alpha value is -2.38. The first-order valence-corrected chi connectivity index (χ1v) is 11.0. The molecule has 1 amide bonds. The molecular weight excluding hydrogens is 374 g/mol. The molecule has 1 aliphatic heterocycles. The van der Waals surface area contributed by atoms with E-state index >= 15 is 0 Å². The summed E-state index contributed by atoms with van der Waals surface area (Å²) in [6.07, 6.45) is 2.41. The van der Waals surface area contributed by atoms with Gasteiger partial charge in [0.25, 0.3) is 0 Å². The lowest BCUT2D eigenvalue weighted by Crippen LogP contribution is -2.41. The van der Waals surface area contributed by atoms with Gasteiger partial charge >= 0.3 is 0 Å².